The second-order valence-corrected chi connectivity index (χ2v) is 55.6. The van der Waals surface area contributed by atoms with Crippen molar-refractivity contribution in [2.75, 3.05) is 0 Å². The van der Waals surface area contributed by atoms with Gasteiger partial charge in [0, 0.05) is 0 Å². The van der Waals surface area contributed by atoms with Crippen LogP contribution in [0.5, 0.6) is 0 Å². The second kappa shape index (κ2) is 24.5. The third-order valence-corrected chi connectivity index (χ3v) is 53.8. The molecule has 0 nitrogen and oxygen atoms in total. The third-order valence-electron chi connectivity index (χ3n) is 19.3. The number of rotatable bonds is 22. The van der Waals surface area contributed by atoms with Gasteiger partial charge in [0.1, 0.15) is 0 Å². The molecule has 2 unspecified atom stereocenters. The molecule has 2 aromatic carbocycles. The van der Waals surface area contributed by atoms with Crippen molar-refractivity contribution in [2.45, 2.75) is 366 Å². The first-order chi connectivity index (χ1) is 32.8. The van der Waals surface area contributed by atoms with Gasteiger partial charge in [0.25, 0.3) is 0 Å². The highest BCUT2D eigenvalue weighted by atomic mass is 32.3. The predicted octanol–water partition coefficient (Wildman–Crippen LogP) is 21.0. The Hall–Kier alpha value is 0.605. The van der Waals surface area contributed by atoms with Gasteiger partial charge in [-0.3, -0.25) is 0 Å². The minimum atomic E-state index is -1.43. The van der Waals surface area contributed by atoms with Crippen molar-refractivity contribution in [3.05, 3.63) is 24.3 Å². The molecule has 0 saturated carbocycles. The summed E-state index contributed by atoms with van der Waals surface area (Å²) < 4.78 is 0. The molecule has 1 radical (unpaired) electrons. The maximum Gasteiger partial charge on any atom is 0.197 e. The van der Waals surface area contributed by atoms with E-state index >= 15 is 0 Å². The summed E-state index contributed by atoms with van der Waals surface area (Å²) in [5, 5.41) is 10.2. The van der Waals surface area contributed by atoms with Crippen LogP contribution in [0, 0.1) is 0 Å². The number of fused-ring (bicyclic) bond motifs is 2. The Labute approximate surface area is 464 Å². The fourth-order valence-electron chi connectivity index (χ4n) is 18.0. The Morgan fingerprint density at radius 1 is 0.333 bits per heavy atom. The first kappa shape index (κ1) is 66.9. The lowest BCUT2D eigenvalue weighted by Gasteiger charge is -2.62. The SMILES string of the molecule is CC(C)S(c1cc(S(C(C)C)(C(C)C)C(C)C)c([B]c2c(S(C(C)C)(C(C)C)C(C)C)cc3cc2S(C(C)C)(C(C)C)C(C)CC(C)S3(C(C)C)C(C)C)c(S(C(C)C)(C(C)C)C(C)C)c1)(C(C)C)C(C)C. The third kappa shape index (κ3) is 10.0. The van der Waals surface area contributed by atoms with Gasteiger partial charge in [0.15, 0.2) is 7.28 Å². The van der Waals surface area contributed by atoms with Crippen molar-refractivity contribution in [3.63, 3.8) is 0 Å². The van der Waals surface area contributed by atoms with Crippen LogP contribution in [0.2, 0.25) is 0 Å². The molecule has 72 heavy (non-hydrogen) atoms. The molecule has 1 aliphatic heterocycles. The molecule has 2 atom stereocenters. The van der Waals surface area contributed by atoms with Crippen LogP contribution in [0.4, 0.5) is 0 Å². The van der Waals surface area contributed by atoms with Crippen LogP contribution in [-0.4, -0.2) is 102 Å². The zero-order chi connectivity index (χ0) is 56.3. The molecular formula is C65H126BS6. The van der Waals surface area contributed by atoms with Gasteiger partial charge in [0.05, 0.1) is 0 Å². The molecule has 1 heterocycles. The van der Waals surface area contributed by atoms with Crippen molar-refractivity contribution < 1.29 is 0 Å². The molecule has 0 N–H and O–H groups in total. The summed E-state index contributed by atoms with van der Waals surface area (Å²) in [7, 11) is -5.10. The quantitative estimate of drug-likeness (QED) is 0.103. The van der Waals surface area contributed by atoms with Crippen LogP contribution < -0.4 is 10.9 Å². The first-order valence-electron chi connectivity index (χ1n) is 29.8. The van der Waals surface area contributed by atoms with E-state index in [0.29, 0.717) is 94.5 Å². The normalized spacial score (nSPS) is 20.4. The summed E-state index contributed by atoms with van der Waals surface area (Å²) in [5.41, 5.74) is 3.38. The Morgan fingerprint density at radius 2 is 0.583 bits per heavy atom. The highest BCUT2D eigenvalue weighted by Gasteiger charge is 2.52. The average molecular weight is 1110 g/mol. The zero-order valence-electron chi connectivity index (χ0n) is 54.4. The fourth-order valence-corrected chi connectivity index (χ4v) is 52.8. The van der Waals surface area contributed by atoms with Gasteiger partial charge in [-0.2, -0.15) is 0 Å². The molecule has 0 aromatic heterocycles. The minimum absolute atomic E-state index is 0.535. The molecular weight excluding hydrogens is 984 g/mol. The van der Waals surface area contributed by atoms with E-state index in [9.17, 15) is 0 Å². The summed E-state index contributed by atoms with van der Waals surface area (Å²) in [5.74, 6) is 0. The molecule has 1 aliphatic rings. The summed E-state index contributed by atoms with van der Waals surface area (Å²) in [6, 6.07) is 12.0. The predicted molar refractivity (Wildman–Crippen MR) is 359 cm³/mol. The van der Waals surface area contributed by atoms with E-state index in [1.807, 2.05) is 4.90 Å². The van der Waals surface area contributed by atoms with Gasteiger partial charge in [-0.1, -0.05) is 246 Å². The largest absolute Gasteiger partial charge is 0.208 e. The van der Waals surface area contributed by atoms with Crippen molar-refractivity contribution >= 4 is 78.4 Å². The molecule has 0 amide bonds. The molecule has 0 aliphatic carbocycles. The van der Waals surface area contributed by atoms with Gasteiger partial charge < -0.3 is 0 Å². The molecule has 2 bridgehead atoms. The van der Waals surface area contributed by atoms with Gasteiger partial charge in [0.2, 0.25) is 0 Å². The number of benzene rings is 2. The van der Waals surface area contributed by atoms with Crippen LogP contribution >= 0.6 is 60.2 Å². The zero-order valence-corrected chi connectivity index (χ0v) is 59.3. The molecule has 3 rings (SSSR count). The molecule has 425 valence electrons. The van der Waals surface area contributed by atoms with Crippen molar-refractivity contribution in [3.8, 4) is 0 Å². The van der Waals surface area contributed by atoms with Crippen molar-refractivity contribution in [1.29, 1.82) is 0 Å². The van der Waals surface area contributed by atoms with Gasteiger partial charge >= 0.3 is 0 Å². The average Bonchev–Trinajstić information content (AvgIpc) is 3.18. The lowest BCUT2D eigenvalue weighted by Crippen LogP contribution is -2.47. The highest BCUT2D eigenvalue weighted by molar-refractivity contribution is 8.38. The topological polar surface area (TPSA) is 0 Å². The maximum atomic E-state index is 3.09. The fraction of sp³-hybridized carbons (Fsp3) is 0.815. The van der Waals surface area contributed by atoms with Crippen molar-refractivity contribution in [1.82, 2.24) is 0 Å². The van der Waals surface area contributed by atoms with Crippen LogP contribution in [0.1, 0.15) is 242 Å². The van der Waals surface area contributed by atoms with E-state index in [0.717, 1.165) is 0 Å². The molecule has 7 heteroatoms. The maximum absolute atomic E-state index is 3.09. The van der Waals surface area contributed by atoms with Gasteiger partial charge in [-0.05, 0) is 155 Å². The lowest BCUT2D eigenvalue weighted by atomic mass is 9.63. The number of hydrogen-bond acceptors (Lipinski definition) is 0. The summed E-state index contributed by atoms with van der Waals surface area (Å²) >= 11 is 0. The molecule has 0 saturated heterocycles. The van der Waals surface area contributed by atoms with Crippen LogP contribution in [0.3, 0.4) is 0 Å². The highest BCUT2D eigenvalue weighted by Crippen LogP contribution is 2.78. The standard InChI is InChI=1S/C65H126BS6/c1-40(2)67(41(3)4,42(5)6)58-36-60(68(43(7)8,44(9)10)45(11)12)64(61(37-58)69(46(13)14,47(15)16)48(17)18)66-65-62(70(49(19)20,50(21)22)51(23)24)38-59-39-63(65)72(54(29)30,55(31)32)57(34)35-56(33)71(59,52(25)26)53(27)28/h36-57H,35H2,1-34H3. The Kier molecular flexibility index (Phi) is 22.8. The van der Waals surface area contributed by atoms with Crippen LogP contribution in [-0.2, 0) is 0 Å². The molecule has 2 aromatic rings. The van der Waals surface area contributed by atoms with Gasteiger partial charge in [-0.25, -0.2) is 60.2 Å². The Bertz CT molecular complexity index is 1920. The van der Waals surface area contributed by atoms with E-state index in [1.54, 1.807) is 35.4 Å². The molecule has 0 spiro atoms. The first-order valence-corrected chi connectivity index (χ1v) is 40.7. The monoisotopic (exact) mass is 1110 g/mol. The lowest BCUT2D eigenvalue weighted by molar-refractivity contribution is 0.746. The van der Waals surface area contributed by atoms with Crippen LogP contribution in [0.25, 0.3) is 0 Å². The molecule has 0 fully saturated rings. The summed E-state index contributed by atoms with van der Waals surface area (Å²) in [6.07, 6.45) is 1.32. The second-order valence-electron chi connectivity index (χ2n) is 27.0. The van der Waals surface area contributed by atoms with E-state index in [4.69, 9.17) is 0 Å². The van der Waals surface area contributed by atoms with E-state index in [1.165, 1.54) is 6.42 Å². The minimum Gasteiger partial charge on any atom is -0.208 e. The summed E-state index contributed by atoms with van der Waals surface area (Å²) in [4.78, 5) is 10.6. The van der Waals surface area contributed by atoms with E-state index < -0.39 is 60.2 Å². The Morgan fingerprint density at radius 3 is 0.833 bits per heavy atom. The van der Waals surface area contributed by atoms with Crippen molar-refractivity contribution in [2.24, 2.45) is 0 Å². The smallest absolute Gasteiger partial charge is 0.197 e. The van der Waals surface area contributed by atoms with E-state index in [-0.39, 0.29) is 0 Å². The van der Waals surface area contributed by atoms with E-state index in [2.05, 4.69) is 267 Å². The van der Waals surface area contributed by atoms with Gasteiger partial charge in [-0.15, -0.1) is 0 Å². The Balaban J connectivity index is 3.32. The number of hydrogen-bond donors (Lipinski definition) is 0. The summed E-state index contributed by atoms with van der Waals surface area (Å²) in [6.45, 7) is 89.9. The van der Waals surface area contributed by atoms with Crippen LogP contribution in [0.15, 0.2) is 53.6 Å².